The van der Waals surface area contributed by atoms with Gasteiger partial charge in [-0.05, 0) is 25.1 Å². The van der Waals surface area contributed by atoms with Crippen molar-refractivity contribution in [3.05, 3.63) is 60.2 Å². The number of nitrogens with zero attached hydrogens (tertiary/aromatic N) is 2. The molecule has 1 aromatic carbocycles. The predicted octanol–water partition coefficient (Wildman–Crippen LogP) is 2.77. The van der Waals surface area contributed by atoms with Crippen LogP contribution in [0.4, 0.5) is 11.4 Å². The van der Waals surface area contributed by atoms with Crippen LogP contribution in [0.3, 0.4) is 0 Å². The monoisotopic (exact) mass is 278 g/mol. The highest BCUT2D eigenvalue weighted by Crippen LogP contribution is 2.23. The highest BCUT2D eigenvalue weighted by molar-refractivity contribution is 6.11. The molecule has 5 heteroatoms. The SMILES string of the molecule is Cc1cc(N)c(C(=O)Nc2cccc3cnccc23)cn1. The Morgan fingerprint density at radius 3 is 2.90 bits per heavy atom. The molecule has 0 unspecified atom stereocenters. The molecule has 2 heterocycles. The van der Waals surface area contributed by atoms with Crippen LogP contribution in [-0.4, -0.2) is 15.9 Å². The van der Waals surface area contributed by atoms with Crippen molar-refractivity contribution in [1.82, 2.24) is 9.97 Å². The zero-order chi connectivity index (χ0) is 14.8. The maximum Gasteiger partial charge on any atom is 0.259 e. The fourth-order valence-electron chi connectivity index (χ4n) is 2.19. The second-order valence-electron chi connectivity index (χ2n) is 4.77. The number of hydrogen-bond donors (Lipinski definition) is 2. The molecule has 21 heavy (non-hydrogen) atoms. The van der Waals surface area contributed by atoms with Gasteiger partial charge in [-0.15, -0.1) is 0 Å². The molecular formula is C16H14N4O. The number of anilines is 2. The quantitative estimate of drug-likeness (QED) is 0.755. The number of hydrogen-bond acceptors (Lipinski definition) is 4. The number of rotatable bonds is 2. The van der Waals surface area contributed by atoms with Crippen LogP contribution in [0.15, 0.2) is 48.9 Å². The van der Waals surface area contributed by atoms with Crippen molar-refractivity contribution in [2.75, 3.05) is 11.1 Å². The van der Waals surface area contributed by atoms with Crippen LogP contribution in [0.25, 0.3) is 10.8 Å². The summed E-state index contributed by atoms with van der Waals surface area (Å²) >= 11 is 0. The molecule has 2 aromatic heterocycles. The molecule has 0 atom stereocenters. The molecule has 0 fully saturated rings. The maximum absolute atomic E-state index is 12.3. The highest BCUT2D eigenvalue weighted by atomic mass is 16.1. The summed E-state index contributed by atoms with van der Waals surface area (Å²) in [7, 11) is 0. The van der Waals surface area contributed by atoms with Gasteiger partial charge in [0.15, 0.2) is 0 Å². The van der Waals surface area contributed by atoms with E-state index in [0.29, 0.717) is 11.3 Å². The number of fused-ring (bicyclic) bond motifs is 1. The van der Waals surface area contributed by atoms with Crippen molar-refractivity contribution in [1.29, 1.82) is 0 Å². The molecule has 3 rings (SSSR count). The molecule has 3 N–H and O–H groups in total. The van der Waals surface area contributed by atoms with E-state index in [1.54, 1.807) is 18.5 Å². The summed E-state index contributed by atoms with van der Waals surface area (Å²) in [5.74, 6) is -0.274. The van der Waals surface area contributed by atoms with Crippen molar-refractivity contribution in [2.24, 2.45) is 0 Å². The van der Waals surface area contributed by atoms with Gasteiger partial charge in [0.25, 0.3) is 5.91 Å². The number of aromatic nitrogens is 2. The zero-order valence-corrected chi connectivity index (χ0v) is 11.5. The third kappa shape index (κ3) is 2.53. The van der Waals surface area contributed by atoms with E-state index in [1.165, 1.54) is 6.20 Å². The predicted molar refractivity (Wildman–Crippen MR) is 83.1 cm³/mol. The van der Waals surface area contributed by atoms with E-state index < -0.39 is 0 Å². The number of benzene rings is 1. The van der Waals surface area contributed by atoms with Crippen LogP contribution < -0.4 is 11.1 Å². The van der Waals surface area contributed by atoms with Crippen molar-refractivity contribution in [3.63, 3.8) is 0 Å². The number of nitrogens with one attached hydrogen (secondary N) is 1. The van der Waals surface area contributed by atoms with E-state index in [-0.39, 0.29) is 5.91 Å². The first-order valence-electron chi connectivity index (χ1n) is 6.51. The normalized spacial score (nSPS) is 10.5. The second-order valence-corrected chi connectivity index (χ2v) is 4.77. The van der Waals surface area contributed by atoms with Crippen molar-refractivity contribution >= 4 is 28.1 Å². The summed E-state index contributed by atoms with van der Waals surface area (Å²) in [5, 5.41) is 4.77. The zero-order valence-electron chi connectivity index (χ0n) is 11.5. The fraction of sp³-hybridized carbons (Fsp3) is 0.0625. The Bertz CT molecular complexity index is 824. The van der Waals surface area contributed by atoms with E-state index in [2.05, 4.69) is 15.3 Å². The van der Waals surface area contributed by atoms with Crippen molar-refractivity contribution in [2.45, 2.75) is 6.92 Å². The Balaban J connectivity index is 1.97. The number of carbonyl (C=O) groups excluding carboxylic acids is 1. The molecular weight excluding hydrogens is 264 g/mol. The summed E-state index contributed by atoms with van der Waals surface area (Å²) in [6.45, 7) is 1.83. The van der Waals surface area contributed by atoms with E-state index >= 15 is 0 Å². The largest absolute Gasteiger partial charge is 0.398 e. The number of amides is 1. The number of carbonyl (C=O) groups is 1. The Labute approximate surface area is 121 Å². The van der Waals surface area contributed by atoms with E-state index in [4.69, 9.17) is 5.73 Å². The Morgan fingerprint density at radius 1 is 1.24 bits per heavy atom. The minimum atomic E-state index is -0.274. The number of pyridine rings is 2. The van der Waals surface area contributed by atoms with E-state index in [1.807, 2.05) is 31.2 Å². The van der Waals surface area contributed by atoms with Gasteiger partial charge in [-0.2, -0.15) is 0 Å². The Morgan fingerprint density at radius 2 is 2.10 bits per heavy atom. The topological polar surface area (TPSA) is 80.9 Å². The van der Waals surface area contributed by atoms with Crippen molar-refractivity contribution in [3.8, 4) is 0 Å². The first kappa shape index (κ1) is 13.1. The molecule has 0 saturated carbocycles. The van der Waals surface area contributed by atoms with Gasteiger partial charge >= 0.3 is 0 Å². The molecule has 3 aromatic rings. The van der Waals surface area contributed by atoms with Crippen LogP contribution >= 0.6 is 0 Å². The summed E-state index contributed by atoms with van der Waals surface area (Å²) < 4.78 is 0. The van der Waals surface area contributed by atoms with Crippen LogP contribution in [0.2, 0.25) is 0 Å². The molecule has 104 valence electrons. The lowest BCUT2D eigenvalue weighted by Crippen LogP contribution is -2.15. The van der Waals surface area contributed by atoms with E-state index in [9.17, 15) is 4.79 Å². The smallest absolute Gasteiger partial charge is 0.259 e. The van der Waals surface area contributed by atoms with Gasteiger partial charge in [0.1, 0.15) is 0 Å². The summed E-state index contributed by atoms with van der Waals surface area (Å²) in [6.07, 6.45) is 4.94. The first-order valence-corrected chi connectivity index (χ1v) is 6.51. The molecule has 0 radical (unpaired) electrons. The summed E-state index contributed by atoms with van der Waals surface area (Å²) in [4.78, 5) is 20.5. The third-order valence-corrected chi connectivity index (χ3v) is 3.25. The van der Waals surface area contributed by atoms with Gasteiger partial charge in [0.05, 0.1) is 5.56 Å². The highest BCUT2D eigenvalue weighted by Gasteiger charge is 2.12. The molecule has 0 aliphatic rings. The van der Waals surface area contributed by atoms with Gasteiger partial charge < -0.3 is 11.1 Å². The lowest BCUT2D eigenvalue weighted by Gasteiger charge is -2.10. The molecule has 1 amide bonds. The molecule has 0 aliphatic heterocycles. The molecule has 0 spiro atoms. The van der Waals surface area contributed by atoms with Crippen LogP contribution in [0.1, 0.15) is 16.1 Å². The Hall–Kier alpha value is -2.95. The molecule has 0 saturated heterocycles. The molecule has 5 nitrogen and oxygen atoms in total. The minimum absolute atomic E-state index is 0.274. The Kier molecular flexibility index (Phi) is 3.23. The van der Waals surface area contributed by atoms with Gasteiger partial charge in [0, 0.05) is 46.4 Å². The summed E-state index contributed by atoms with van der Waals surface area (Å²) in [5.41, 5.74) is 8.16. The standard InChI is InChI=1S/C16H14N4O/c1-10-7-14(17)13(9-19-10)16(21)20-15-4-2-3-11-8-18-6-5-12(11)15/h2-9H,1H3,(H2,17,19)(H,20,21). The van der Waals surface area contributed by atoms with Gasteiger partial charge in [-0.1, -0.05) is 12.1 Å². The van der Waals surface area contributed by atoms with Gasteiger partial charge in [-0.25, -0.2) is 0 Å². The minimum Gasteiger partial charge on any atom is -0.398 e. The fourth-order valence-corrected chi connectivity index (χ4v) is 2.19. The van der Waals surface area contributed by atoms with E-state index in [0.717, 1.165) is 22.2 Å². The van der Waals surface area contributed by atoms with Crippen LogP contribution in [0, 0.1) is 6.92 Å². The maximum atomic E-state index is 12.3. The first-order chi connectivity index (χ1) is 10.1. The third-order valence-electron chi connectivity index (χ3n) is 3.25. The van der Waals surface area contributed by atoms with Crippen LogP contribution in [-0.2, 0) is 0 Å². The average molecular weight is 278 g/mol. The number of aryl methyl sites for hydroxylation is 1. The van der Waals surface area contributed by atoms with Crippen LogP contribution in [0.5, 0.6) is 0 Å². The number of nitrogen functional groups attached to an aromatic ring is 1. The summed E-state index contributed by atoms with van der Waals surface area (Å²) in [6, 6.07) is 9.21. The van der Waals surface area contributed by atoms with Gasteiger partial charge in [-0.3, -0.25) is 14.8 Å². The van der Waals surface area contributed by atoms with Crippen molar-refractivity contribution < 1.29 is 4.79 Å². The average Bonchev–Trinajstić information content (AvgIpc) is 2.47. The molecule has 0 aliphatic carbocycles. The lowest BCUT2D eigenvalue weighted by molar-refractivity contribution is 0.102. The lowest BCUT2D eigenvalue weighted by atomic mass is 10.1. The molecule has 0 bridgehead atoms. The second kappa shape index (κ2) is 5.20. The number of nitrogens with two attached hydrogens (primary N) is 1. The van der Waals surface area contributed by atoms with Gasteiger partial charge in [0.2, 0.25) is 0 Å².